The second kappa shape index (κ2) is 10.6. The zero-order valence-electron chi connectivity index (χ0n) is 19.7. The summed E-state index contributed by atoms with van der Waals surface area (Å²) in [7, 11) is 0. The maximum atomic E-state index is 13.8. The fourth-order valence-electron chi connectivity index (χ4n) is 3.86. The highest BCUT2D eigenvalue weighted by Crippen LogP contribution is 2.37. The summed E-state index contributed by atoms with van der Waals surface area (Å²) in [4.78, 5) is 14.8. The fourth-order valence-corrected chi connectivity index (χ4v) is 3.86. The maximum absolute atomic E-state index is 13.8. The van der Waals surface area contributed by atoms with Crippen LogP contribution in [0.2, 0.25) is 0 Å². The van der Waals surface area contributed by atoms with Gasteiger partial charge in [-0.1, -0.05) is 32.0 Å². The molecule has 1 heterocycles. The van der Waals surface area contributed by atoms with Gasteiger partial charge in [-0.2, -0.15) is 0 Å². The van der Waals surface area contributed by atoms with Crippen molar-refractivity contribution in [1.29, 1.82) is 0 Å². The molecular formula is C27H29FN2O4. The summed E-state index contributed by atoms with van der Waals surface area (Å²) in [6.07, 6.45) is 0. The molecular weight excluding hydrogens is 435 g/mol. The van der Waals surface area contributed by atoms with Gasteiger partial charge in [0.1, 0.15) is 11.6 Å². The lowest BCUT2D eigenvalue weighted by atomic mass is 10.0. The van der Waals surface area contributed by atoms with E-state index in [9.17, 15) is 9.18 Å². The third kappa shape index (κ3) is 5.31. The standard InChI is InChI=1S/C27H29FN2O4/c1-4-30(5-2)15-21-13-19(20-10-12-25-26(14-20)34-17-33-25)9-11-24(21)32-16-27(31)29-23-8-6-7-22(28)18(23)3/h6-14H,4-5,15-17H2,1-3H3,(H,29,31). The van der Waals surface area contributed by atoms with Crippen molar-refractivity contribution in [3.63, 3.8) is 0 Å². The van der Waals surface area contributed by atoms with Gasteiger partial charge in [-0.15, -0.1) is 0 Å². The number of hydrogen-bond donors (Lipinski definition) is 1. The van der Waals surface area contributed by atoms with Gasteiger partial charge in [0.05, 0.1) is 0 Å². The zero-order valence-corrected chi connectivity index (χ0v) is 19.7. The Labute approximate surface area is 199 Å². The van der Waals surface area contributed by atoms with Crippen LogP contribution < -0.4 is 19.5 Å². The number of amides is 1. The Morgan fingerprint density at radius 1 is 1.03 bits per heavy atom. The predicted molar refractivity (Wildman–Crippen MR) is 130 cm³/mol. The van der Waals surface area contributed by atoms with E-state index in [4.69, 9.17) is 14.2 Å². The lowest BCUT2D eigenvalue weighted by Gasteiger charge is -2.21. The van der Waals surface area contributed by atoms with E-state index in [-0.39, 0.29) is 25.1 Å². The molecule has 1 aliphatic heterocycles. The number of nitrogens with one attached hydrogen (secondary N) is 1. The molecule has 1 aliphatic rings. The van der Waals surface area contributed by atoms with E-state index in [1.807, 2.05) is 30.3 Å². The Morgan fingerprint density at radius 2 is 1.76 bits per heavy atom. The summed E-state index contributed by atoms with van der Waals surface area (Å²) in [5.41, 5.74) is 3.85. The largest absolute Gasteiger partial charge is 0.483 e. The Bertz CT molecular complexity index is 1180. The van der Waals surface area contributed by atoms with Crippen molar-refractivity contribution in [2.75, 3.05) is 31.8 Å². The molecule has 0 aliphatic carbocycles. The molecule has 4 rings (SSSR count). The molecule has 0 unspecified atom stereocenters. The first-order valence-corrected chi connectivity index (χ1v) is 11.4. The number of benzene rings is 3. The fraction of sp³-hybridized carbons (Fsp3) is 0.296. The summed E-state index contributed by atoms with van der Waals surface area (Å²) in [6, 6.07) is 16.4. The van der Waals surface area contributed by atoms with Crippen molar-refractivity contribution in [3.8, 4) is 28.4 Å². The smallest absolute Gasteiger partial charge is 0.262 e. The van der Waals surface area contributed by atoms with Gasteiger partial charge in [-0.3, -0.25) is 9.69 Å². The van der Waals surface area contributed by atoms with Gasteiger partial charge in [0, 0.05) is 23.4 Å². The first kappa shape index (κ1) is 23.6. The van der Waals surface area contributed by atoms with E-state index in [0.717, 1.165) is 41.3 Å². The van der Waals surface area contributed by atoms with E-state index in [0.29, 0.717) is 23.5 Å². The number of halogens is 1. The number of anilines is 1. The summed E-state index contributed by atoms with van der Waals surface area (Å²) < 4.78 is 30.6. The number of fused-ring (bicyclic) bond motifs is 1. The van der Waals surface area contributed by atoms with Gasteiger partial charge < -0.3 is 19.5 Å². The third-order valence-electron chi connectivity index (χ3n) is 5.96. The Kier molecular flexibility index (Phi) is 7.33. The van der Waals surface area contributed by atoms with Crippen molar-refractivity contribution < 1.29 is 23.4 Å². The van der Waals surface area contributed by atoms with Gasteiger partial charge in [-0.05, 0) is 67.5 Å². The van der Waals surface area contributed by atoms with Crippen LogP contribution in [-0.2, 0) is 11.3 Å². The molecule has 0 fully saturated rings. The quantitative estimate of drug-likeness (QED) is 0.460. The van der Waals surface area contributed by atoms with Crippen LogP contribution >= 0.6 is 0 Å². The molecule has 0 spiro atoms. The van der Waals surface area contributed by atoms with Crippen molar-refractivity contribution in [1.82, 2.24) is 4.90 Å². The molecule has 3 aromatic carbocycles. The van der Waals surface area contributed by atoms with Crippen LogP contribution in [0.4, 0.5) is 10.1 Å². The van der Waals surface area contributed by atoms with Gasteiger partial charge in [0.2, 0.25) is 6.79 Å². The minimum Gasteiger partial charge on any atom is -0.483 e. The topological polar surface area (TPSA) is 60.0 Å². The van der Waals surface area contributed by atoms with Crippen LogP contribution in [0.3, 0.4) is 0 Å². The number of hydrogen-bond acceptors (Lipinski definition) is 5. The first-order valence-electron chi connectivity index (χ1n) is 11.4. The summed E-state index contributed by atoms with van der Waals surface area (Å²) in [6.45, 7) is 8.38. The molecule has 7 heteroatoms. The van der Waals surface area contributed by atoms with E-state index in [1.54, 1.807) is 19.1 Å². The van der Waals surface area contributed by atoms with E-state index < -0.39 is 0 Å². The average Bonchev–Trinajstić information content (AvgIpc) is 3.32. The van der Waals surface area contributed by atoms with E-state index in [1.165, 1.54) is 6.07 Å². The zero-order chi connectivity index (χ0) is 24.1. The lowest BCUT2D eigenvalue weighted by molar-refractivity contribution is -0.118. The second-order valence-electron chi connectivity index (χ2n) is 8.10. The third-order valence-corrected chi connectivity index (χ3v) is 5.96. The predicted octanol–water partition coefficient (Wildman–Crippen LogP) is 5.39. The number of nitrogens with zero attached hydrogens (tertiary/aromatic N) is 1. The van der Waals surface area contributed by atoms with Crippen molar-refractivity contribution in [2.24, 2.45) is 0 Å². The number of carbonyl (C=O) groups excluding carboxylic acids is 1. The van der Waals surface area contributed by atoms with Crippen LogP contribution in [0.25, 0.3) is 11.1 Å². The van der Waals surface area contributed by atoms with Crippen LogP contribution in [0.5, 0.6) is 17.2 Å². The first-order chi connectivity index (χ1) is 16.5. The molecule has 0 atom stereocenters. The molecule has 34 heavy (non-hydrogen) atoms. The van der Waals surface area contributed by atoms with Crippen LogP contribution in [0.15, 0.2) is 54.6 Å². The van der Waals surface area contributed by atoms with E-state index in [2.05, 4.69) is 30.1 Å². The molecule has 1 N–H and O–H groups in total. The molecule has 0 saturated carbocycles. The van der Waals surface area contributed by atoms with Gasteiger partial charge >= 0.3 is 0 Å². The van der Waals surface area contributed by atoms with Crippen LogP contribution in [0.1, 0.15) is 25.0 Å². The molecule has 6 nitrogen and oxygen atoms in total. The highest BCUT2D eigenvalue weighted by atomic mass is 19.1. The van der Waals surface area contributed by atoms with Gasteiger partial charge in [-0.25, -0.2) is 4.39 Å². The highest BCUT2D eigenvalue weighted by Gasteiger charge is 2.16. The molecule has 0 radical (unpaired) electrons. The van der Waals surface area contributed by atoms with Crippen molar-refractivity contribution in [2.45, 2.75) is 27.3 Å². The molecule has 3 aromatic rings. The molecule has 1 amide bonds. The lowest BCUT2D eigenvalue weighted by Crippen LogP contribution is -2.24. The molecule has 0 aromatic heterocycles. The highest BCUT2D eigenvalue weighted by molar-refractivity contribution is 5.92. The number of rotatable bonds is 9. The second-order valence-corrected chi connectivity index (χ2v) is 8.10. The van der Waals surface area contributed by atoms with Crippen molar-refractivity contribution >= 4 is 11.6 Å². The van der Waals surface area contributed by atoms with Crippen LogP contribution in [0, 0.1) is 12.7 Å². The summed E-state index contributed by atoms with van der Waals surface area (Å²) in [5, 5.41) is 2.72. The Morgan fingerprint density at radius 3 is 2.56 bits per heavy atom. The summed E-state index contributed by atoms with van der Waals surface area (Å²) in [5.74, 6) is 1.41. The molecule has 0 saturated heterocycles. The number of ether oxygens (including phenoxy) is 3. The SMILES string of the molecule is CCN(CC)Cc1cc(-c2ccc3c(c2)OCO3)ccc1OCC(=O)Nc1cccc(F)c1C. The maximum Gasteiger partial charge on any atom is 0.262 e. The van der Waals surface area contributed by atoms with Gasteiger partial charge in [0.25, 0.3) is 5.91 Å². The Hall–Kier alpha value is -3.58. The minimum absolute atomic E-state index is 0.176. The normalized spacial score (nSPS) is 12.1. The Balaban J connectivity index is 1.53. The average molecular weight is 465 g/mol. The monoisotopic (exact) mass is 464 g/mol. The van der Waals surface area contributed by atoms with Crippen molar-refractivity contribution in [3.05, 3.63) is 71.5 Å². The van der Waals surface area contributed by atoms with Crippen LogP contribution in [-0.4, -0.2) is 37.3 Å². The molecule has 178 valence electrons. The van der Waals surface area contributed by atoms with Gasteiger partial charge in [0.15, 0.2) is 18.1 Å². The number of carbonyl (C=O) groups is 1. The minimum atomic E-state index is -0.362. The summed E-state index contributed by atoms with van der Waals surface area (Å²) >= 11 is 0. The molecule has 0 bridgehead atoms. The van der Waals surface area contributed by atoms with E-state index >= 15 is 0 Å².